The van der Waals surface area contributed by atoms with Crippen molar-refractivity contribution in [2.24, 2.45) is 0 Å². The Bertz CT molecular complexity index is 837. The second-order valence-corrected chi connectivity index (χ2v) is 7.07. The molecule has 5 heteroatoms. The van der Waals surface area contributed by atoms with E-state index in [2.05, 4.69) is 36.3 Å². The van der Waals surface area contributed by atoms with Crippen LogP contribution in [0.15, 0.2) is 52.4 Å². The number of hydrogen-bond acceptors (Lipinski definition) is 4. The Labute approximate surface area is 144 Å². The van der Waals surface area contributed by atoms with Gasteiger partial charge in [-0.05, 0) is 36.8 Å². The van der Waals surface area contributed by atoms with Crippen LogP contribution in [0.1, 0.15) is 40.5 Å². The number of hydrogen-bond donors (Lipinski definition) is 0. The van der Waals surface area contributed by atoms with Crippen LogP contribution < -0.4 is 0 Å². The first-order valence-corrected chi connectivity index (χ1v) is 8.98. The van der Waals surface area contributed by atoms with Gasteiger partial charge in [0.2, 0.25) is 0 Å². The first-order valence-electron chi connectivity index (χ1n) is 8.10. The minimum absolute atomic E-state index is 0.0513. The number of aryl methyl sites for hydroxylation is 1. The fraction of sp³-hybridized carbons (Fsp3) is 0.263. The van der Waals surface area contributed by atoms with Gasteiger partial charge in [0.05, 0.1) is 10.9 Å². The molecular formula is C19H18N2O2S. The van der Waals surface area contributed by atoms with Gasteiger partial charge in [0, 0.05) is 12.6 Å². The Morgan fingerprint density at radius 2 is 2.12 bits per heavy atom. The summed E-state index contributed by atoms with van der Waals surface area (Å²) in [5.41, 5.74) is 2.80. The van der Waals surface area contributed by atoms with Crippen LogP contribution in [0.5, 0.6) is 0 Å². The van der Waals surface area contributed by atoms with Gasteiger partial charge in [0.1, 0.15) is 0 Å². The highest BCUT2D eigenvalue weighted by Gasteiger charge is 2.32. The Morgan fingerprint density at radius 1 is 1.29 bits per heavy atom. The normalized spacial score (nSPS) is 17.4. The van der Waals surface area contributed by atoms with Crippen molar-refractivity contribution in [1.82, 2.24) is 10.1 Å². The molecule has 0 bridgehead atoms. The van der Waals surface area contributed by atoms with Gasteiger partial charge in [-0.3, -0.25) is 4.79 Å². The maximum absolute atomic E-state index is 12.9. The second kappa shape index (κ2) is 6.24. The minimum atomic E-state index is -0.0513. The van der Waals surface area contributed by atoms with E-state index >= 15 is 0 Å². The maximum atomic E-state index is 12.9. The molecule has 1 fully saturated rings. The molecule has 0 saturated carbocycles. The van der Waals surface area contributed by atoms with Crippen molar-refractivity contribution in [1.29, 1.82) is 0 Å². The molecule has 0 N–H and O–H groups in total. The summed E-state index contributed by atoms with van der Waals surface area (Å²) in [5, 5.41) is 5.98. The van der Waals surface area contributed by atoms with Crippen LogP contribution in [0, 0.1) is 6.92 Å². The summed E-state index contributed by atoms with van der Waals surface area (Å²) in [6, 6.07) is 14.2. The summed E-state index contributed by atoms with van der Waals surface area (Å²) in [4.78, 5) is 15.8. The molecule has 24 heavy (non-hydrogen) atoms. The van der Waals surface area contributed by atoms with Crippen molar-refractivity contribution in [3.8, 4) is 10.6 Å². The van der Waals surface area contributed by atoms with Crippen molar-refractivity contribution < 1.29 is 9.32 Å². The number of likely N-dealkylation sites (tertiary alicyclic amines) is 1. The molecule has 4 rings (SSSR count). The summed E-state index contributed by atoms with van der Waals surface area (Å²) in [6.45, 7) is 2.83. The van der Waals surface area contributed by atoms with E-state index in [0.29, 0.717) is 11.5 Å². The lowest BCUT2D eigenvalue weighted by Gasteiger charge is -2.24. The Kier molecular flexibility index (Phi) is 3.94. The lowest BCUT2D eigenvalue weighted by atomic mass is 10.0. The lowest BCUT2D eigenvalue weighted by molar-refractivity contribution is 0.0725. The molecule has 4 nitrogen and oxygen atoms in total. The molecule has 1 atom stereocenters. The van der Waals surface area contributed by atoms with E-state index < -0.39 is 0 Å². The summed E-state index contributed by atoms with van der Waals surface area (Å²) in [7, 11) is 0. The first-order chi connectivity index (χ1) is 11.7. The predicted octanol–water partition coefficient (Wildman–Crippen LogP) is 4.69. The van der Waals surface area contributed by atoms with E-state index in [4.69, 9.17) is 4.52 Å². The zero-order valence-electron chi connectivity index (χ0n) is 13.4. The van der Waals surface area contributed by atoms with Gasteiger partial charge in [-0.2, -0.15) is 0 Å². The monoisotopic (exact) mass is 338 g/mol. The van der Waals surface area contributed by atoms with Gasteiger partial charge >= 0.3 is 0 Å². The van der Waals surface area contributed by atoms with E-state index in [0.717, 1.165) is 24.3 Å². The standard InChI is InChI=1S/C19H18N2O2S/c1-13-6-8-14(9-7-13)16-4-2-10-21(16)19(22)15-12-17(23-20-15)18-5-3-11-24-18/h3,5-9,11-12,16H,2,4,10H2,1H3/t16-/m0/s1. The largest absolute Gasteiger partial charge is 0.355 e. The predicted molar refractivity (Wildman–Crippen MR) is 94.0 cm³/mol. The molecule has 1 aliphatic heterocycles. The average molecular weight is 338 g/mol. The molecule has 3 heterocycles. The van der Waals surface area contributed by atoms with Crippen LogP contribution in [0.2, 0.25) is 0 Å². The van der Waals surface area contributed by atoms with Crippen LogP contribution in [0.4, 0.5) is 0 Å². The van der Waals surface area contributed by atoms with E-state index in [1.807, 2.05) is 22.4 Å². The number of carbonyl (C=O) groups excluding carboxylic acids is 1. The SMILES string of the molecule is Cc1ccc([C@@H]2CCCN2C(=O)c2cc(-c3cccs3)on2)cc1. The number of aromatic nitrogens is 1. The van der Waals surface area contributed by atoms with Gasteiger partial charge in [0.25, 0.3) is 5.91 Å². The number of carbonyl (C=O) groups is 1. The maximum Gasteiger partial charge on any atom is 0.276 e. The highest BCUT2D eigenvalue weighted by atomic mass is 32.1. The molecule has 0 radical (unpaired) electrons. The summed E-state index contributed by atoms with van der Waals surface area (Å²) in [5.74, 6) is 0.601. The summed E-state index contributed by atoms with van der Waals surface area (Å²) in [6.07, 6.45) is 2.00. The summed E-state index contributed by atoms with van der Waals surface area (Å²) < 4.78 is 5.36. The zero-order chi connectivity index (χ0) is 16.5. The molecule has 1 aliphatic rings. The Morgan fingerprint density at radius 3 is 2.88 bits per heavy atom. The molecule has 0 spiro atoms. The molecule has 1 saturated heterocycles. The van der Waals surface area contributed by atoms with Gasteiger partial charge < -0.3 is 9.42 Å². The number of nitrogens with zero attached hydrogens (tertiary/aromatic N) is 2. The van der Waals surface area contributed by atoms with E-state index in [1.54, 1.807) is 17.4 Å². The van der Waals surface area contributed by atoms with Crippen LogP contribution >= 0.6 is 11.3 Å². The Hall–Kier alpha value is -2.40. The summed E-state index contributed by atoms with van der Waals surface area (Å²) >= 11 is 1.57. The van der Waals surface area contributed by atoms with Crippen molar-refractivity contribution >= 4 is 17.2 Å². The Balaban J connectivity index is 1.58. The van der Waals surface area contributed by atoms with E-state index in [-0.39, 0.29) is 11.9 Å². The number of rotatable bonds is 3. The van der Waals surface area contributed by atoms with Gasteiger partial charge in [-0.25, -0.2) is 0 Å². The third-order valence-electron chi connectivity index (χ3n) is 4.47. The van der Waals surface area contributed by atoms with Crippen LogP contribution in [-0.2, 0) is 0 Å². The smallest absolute Gasteiger partial charge is 0.276 e. The van der Waals surface area contributed by atoms with Gasteiger partial charge in [-0.15, -0.1) is 11.3 Å². The fourth-order valence-corrected chi connectivity index (χ4v) is 3.88. The third kappa shape index (κ3) is 2.76. The zero-order valence-corrected chi connectivity index (χ0v) is 14.3. The topological polar surface area (TPSA) is 46.3 Å². The third-order valence-corrected chi connectivity index (χ3v) is 5.35. The van der Waals surface area contributed by atoms with Crippen molar-refractivity contribution in [2.45, 2.75) is 25.8 Å². The molecular weight excluding hydrogens is 320 g/mol. The molecule has 1 amide bonds. The number of benzene rings is 1. The molecule has 1 aromatic carbocycles. The molecule has 0 unspecified atom stereocenters. The van der Waals surface area contributed by atoms with Crippen molar-refractivity contribution in [3.05, 3.63) is 64.7 Å². The van der Waals surface area contributed by atoms with E-state index in [9.17, 15) is 4.79 Å². The number of amides is 1. The van der Waals surface area contributed by atoms with Crippen molar-refractivity contribution in [2.75, 3.05) is 6.54 Å². The van der Waals surface area contributed by atoms with Gasteiger partial charge in [0.15, 0.2) is 11.5 Å². The van der Waals surface area contributed by atoms with Gasteiger partial charge in [-0.1, -0.05) is 41.1 Å². The fourth-order valence-electron chi connectivity index (χ4n) is 3.20. The second-order valence-electron chi connectivity index (χ2n) is 6.12. The average Bonchev–Trinajstić information content (AvgIpc) is 3.34. The molecule has 122 valence electrons. The number of thiophene rings is 1. The van der Waals surface area contributed by atoms with Crippen LogP contribution in [0.3, 0.4) is 0 Å². The highest BCUT2D eigenvalue weighted by Crippen LogP contribution is 2.34. The molecule has 3 aromatic rings. The quantitative estimate of drug-likeness (QED) is 0.696. The van der Waals surface area contributed by atoms with Crippen molar-refractivity contribution in [3.63, 3.8) is 0 Å². The van der Waals surface area contributed by atoms with Crippen LogP contribution in [0.25, 0.3) is 10.6 Å². The lowest BCUT2D eigenvalue weighted by Crippen LogP contribution is -2.30. The van der Waals surface area contributed by atoms with E-state index in [1.165, 1.54) is 11.1 Å². The molecule has 0 aliphatic carbocycles. The molecule has 2 aromatic heterocycles. The highest BCUT2D eigenvalue weighted by molar-refractivity contribution is 7.13. The first kappa shape index (κ1) is 15.1. The van der Waals surface area contributed by atoms with Crippen LogP contribution in [-0.4, -0.2) is 22.5 Å². The minimum Gasteiger partial charge on any atom is -0.355 e.